The van der Waals surface area contributed by atoms with Gasteiger partial charge in [-0.25, -0.2) is 0 Å². The maximum atomic E-state index is 11.2. The van der Waals surface area contributed by atoms with Gasteiger partial charge in [-0.1, -0.05) is 6.92 Å². The molecule has 0 saturated heterocycles. The van der Waals surface area contributed by atoms with Crippen LogP contribution in [-0.2, 0) is 4.79 Å². The first-order valence-corrected chi connectivity index (χ1v) is 4.27. The zero-order valence-corrected chi connectivity index (χ0v) is 6.82. The summed E-state index contributed by atoms with van der Waals surface area (Å²) in [5.41, 5.74) is 0.191. The van der Waals surface area contributed by atoms with E-state index in [-0.39, 0.29) is 16.7 Å². The lowest BCUT2D eigenvalue weighted by Crippen LogP contribution is -2.13. The van der Waals surface area contributed by atoms with Gasteiger partial charge in [0, 0.05) is 17.7 Å². The van der Waals surface area contributed by atoms with Gasteiger partial charge in [0.1, 0.15) is 5.78 Å². The first kappa shape index (κ1) is 6.66. The van der Waals surface area contributed by atoms with Gasteiger partial charge < -0.3 is 0 Å². The highest BCUT2D eigenvalue weighted by molar-refractivity contribution is 6.26. The van der Waals surface area contributed by atoms with Crippen molar-refractivity contribution in [2.45, 2.75) is 31.6 Å². The molecular formula is C8H11ClO. The minimum atomic E-state index is 0.155. The van der Waals surface area contributed by atoms with Crippen molar-refractivity contribution in [1.29, 1.82) is 0 Å². The normalized spacial score (nSPS) is 52.4. The summed E-state index contributed by atoms with van der Waals surface area (Å²) in [6.45, 7) is 2.13. The van der Waals surface area contributed by atoms with Crippen LogP contribution in [-0.4, -0.2) is 11.2 Å². The van der Waals surface area contributed by atoms with Crippen molar-refractivity contribution >= 4 is 17.4 Å². The molecule has 0 aromatic heterocycles. The molecule has 0 N–H and O–H groups in total. The Morgan fingerprint density at radius 1 is 1.70 bits per heavy atom. The van der Waals surface area contributed by atoms with Crippen LogP contribution in [0.1, 0.15) is 26.2 Å². The lowest BCUT2D eigenvalue weighted by molar-refractivity contribution is -0.122. The van der Waals surface area contributed by atoms with Gasteiger partial charge in [-0.05, 0) is 18.3 Å². The third-order valence-corrected chi connectivity index (χ3v) is 3.76. The predicted molar refractivity (Wildman–Crippen MR) is 40.1 cm³/mol. The molecular weight excluding hydrogens is 148 g/mol. The average molecular weight is 159 g/mol. The maximum absolute atomic E-state index is 11.2. The van der Waals surface area contributed by atoms with Crippen LogP contribution in [0.2, 0.25) is 0 Å². The number of carbonyl (C=O) groups is 1. The second-order valence-electron chi connectivity index (χ2n) is 3.71. The Labute approximate surface area is 65.7 Å². The Bertz CT molecular complexity index is 190. The number of hydrogen-bond acceptors (Lipinski definition) is 1. The molecule has 2 aliphatic carbocycles. The van der Waals surface area contributed by atoms with E-state index in [4.69, 9.17) is 11.6 Å². The summed E-state index contributed by atoms with van der Waals surface area (Å²) in [6, 6.07) is 0. The van der Waals surface area contributed by atoms with Crippen molar-refractivity contribution in [1.82, 2.24) is 0 Å². The number of fused-ring (bicyclic) bond motifs is 1. The highest BCUT2D eigenvalue weighted by Gasteiger charge is 2.64. The van der Waals surface area contributed by atoms with Crippen molar-refractivity contribution in [2.24, 2.45) is 11.3 Å². The number of rotatable bonds is 0. The van der Waals surface area contributed by atoms with Crippen LogP contribution >= 0.6 is 11.6 Å². The molecule has 0 aromatic rings. The summed E-state index contributed by atoms with van der Waals surface area (Å²) in [7, 11) is 0. The van der Waals surface area contributed by atoms with E-state index in [9.17, 15) is 4.79 Å². The molecule has 0 radical (unpaired) electrons. The number of halogens is 1. The number of hydrogen-bond donors (Lipinski definition) is 0. The molecule has 56 valence electrons. The van der Waals surface area contributed by atoms with Gasteiger partial charge in [-0.2, -0.15) is 0 Å². The van der Waals surface area contributed by atoms with Crippen LogP contribution in [0.25, 0.3) is 0 Å². The molecule has 2 rings (SSSR count). The minimum absolute atomic E-state index is 0.155. The molecule has 0 heterocycles. The van der Waals surface area contributed by atoms with Crippen LogP contribution in [0, 0.1) is 11.3 Å². The van der Waals surface area contributed by atoms with E-state index in [1.807, 2.05) is 0 Å². The molecule has 0 bridgehead atoms. The molecule has 2 fully saturated rings. The van der Waals surface area contributed by atoms with Crippen LogP contribution in [0.4, 0.5) is 0 Å². The quantitative estimate of drug-likeness (QED) is 0.493. The van der Waals surface area contributed by atoms with Crippen molar-refractivity contribution in [3.63, 3.8) is 0 Å². The molecule has 2 aliphatic rings. The van der Waals surface area contributed by atoms with Crippen LogP contribution in [0.15, 0.2) is 0 Å². The molecule has 0 aliphatic heterocycles. The Kier molecular flexibility index (Phi) is 1.17. The molecule has 1 nitrogen and oxygen atoms in total. The Morgan fingerprint density at radius 2 is 2.40 bits per heavy atom. The van der Waals surface area contributed by atoms with E-state index in [1.165, 1.54) is 0 Å². The Morgan fingerprint density at radius 3 is 2.90 bits per heavy atom. The summed E-state index contributed by atoms with van der Waals surface area (Å²) in [4.78, 5) is 11.2. The summed E-state index contributed by atoms with van der Waals surface area (Å²) in [5.74, 6) is 0.608. The van der Waals surface area contributed by atoms with E-state index >= 15 is 0 Å². The monoisotopic (exact) mass is 158 g/mol. The fourth-order valence-electron chi connectivity index (χ4n) is 2.13. The highest BCUT2D eigenvalue weighted by Crippen LogP contribution is 2.62. The zero-order valence-electron chi connectivity index (χ0n) is 6.06. The van der Waals surface area contributed by atoms with Gasteiger partial charge in [0.05, 0.1) is 0 Å². The van der Waals surface area contributed by atoms with E-state index in [2.05, 4.69) is 6.92 Å². The third-order valence-electron chi connectivity index (χ3n) is 3.01. The Balaban J connectivity index is 2.21. The van der Waals surface area contributed by atoms with Crippen LogP contribution < -0.4 is 0 Å². The van der Waals surface area contributed by atoms with E-state index in [0.717, 1.165) is 19.3 Å². The molecule has 0 spiro atoms. The summed E-state index contributed by atoms with van der Waals surface area (Å²) in [6.07, 6.45) is 2.97. The molecule has 10 heavy (non-hydrogen) atoms. The summed E-state index contributed by atoms with van der Waals surface area (Å²) in [5, 5.41) is 0.155. The van der Waals surface area contributed by atoms with Crippen LogP contribution in [0.5, 0.6) is 0 Å². The standard InChI is InChI=1S/C8H11ClO/c1-8-4-2-3-5(10)6(8)7(8)9/h6-7H,2-4H2,1H3/t6?,7-,8-/m1/s1. The summed E-state index contributed by atoms with van der Waals surface area (Å²) >= 11 is 5.97. The van der Waals surface area contributed by atoms with Crippen molar-refractivity contribution in [3.05, 3.63) is 0 Å². The van der Waals surface area contributed by atoms with E-state index in [0.29, 0.717) is 5.78 Å². The SMILES string of the molecule is C[C@@]12CCCC(=O)C1[C@H]2Cl. The zero-order chi connectivity index (χ0) is 7.35. The highest BCUT2D eigenvalue weighted by atomic mass is 35.5. The van der Waals surface area contributed by atoms with Gasteiger partial charge in [-0.3, -0.25) is 4.79 Å². The van der Waals surface area contributed by atoms with Gasteiger partial charge in [0.25, 0.3) is 0 Å². The van der Waals surface area contributed by atoms with Gasteiger partial charge >= 0.3 is 0 Å². The number of alkyl halides is 1. The molecule has 3 atom stereocenters. The molecule has 1 unspecified atom stereocenters. The van der Waals surface area contributed by atoms with Crippen molar-refractivity contribution < 1.29 is 4.79 Å². The second-order valence-corrected chi connectivity index (χ2v) is 4.18. The molecule has 0 amide bonds. The fourth-order valence-corrected chi connectivity index (χ4v) is 2.73. The number of carbonyl (C=O) groups excluding carboxylic acids is 1. The largest absolute Gasteiger partial charge is 0.299 e. The number of ketones is 1. The fraction of sp³-hybridized carbons (Fsp3) is 0.875. The molecule has 0 aromatic carbocycles. The van der Waals surface area contributed by atoms with Gasteiger partial charge in [0.15, 0.2) is 0 Å². The smallest absolute Gasteiger partial charge is 0.138 e. The van der Waals surface area contributed by atoms with Crippen molar-refractivity contribution in [3.8, 4) is 0 Å². The van der Waals surface area contributed by atoms with Crippen molar-refractivity contribution in [2.75, 3.05) is 0 Å². The van der Waals surface area contributed by atoms with E-state index in [1.54, 1.807) is 0 Å². The van der Waals surface area contributed by atoms with E-state index < -0.39 is 0 Å². The predicted octanol–water partition coefficient (Wildman–Crippen LogP) is 1.98. The van der Waals surface area contributed by atoms with Gasteiger partial charge in [0.2, 0.25) is 0 Å². The first-order chi connectivity index (χ1) is 4.66. The minimum Gasteiger partial charge on any atom is -0.299 e. The lowest BCUT2D eigenvalue weighted by Gasteiger charge is -2.14. The lowest BCUT2D eigenvalue weighted by atomic mass is 9.89. The third kappa shape index (κ3) is 0.619. The Hall–Kier alpha value is -0.0400. The summed E-state index contributed by atoms with van der Waals surface area (Å²) < 4.78 is 0. The number of Topliss-reactive ketones (excluding diaryl/α,β-unsaturated/α-hetero) is 1. The average Bonchev–Trinajstić information content (AvgIpc) is 2.38. The first-order valence-electron chi connectivity index (χ1n) is 3.83. The van der Waals surface area contributed by atoms with Gasteiger partial charge in [-0.15, -0.1) is 11.6 Å². The molecule has 2 saturated carbocycles. The maximum Gasteiger partial charge on any atom is 0.138 e. The molecule has 2 heteroatoms. The second kappa shape index (κ2) is 1.76. The topological polar surface area (TPSA) is 17.1 Å². The van der Waals surface area contributed by atoms with Crippen LogP contribution in [0.3, 0.4) is 0 Å².